The van der Waals surface area contributed by atoms with Crippen molar-refractivity contribution in [2.75, 3.05) is 4.90 Å². The van der Waals surface area contributed by atoms with Gasteiger partial charge in [-0.3, -0.25) is 0 Å². The third-order valence-electron chi connectivity index (χ3n) is 8.13. The van der Waals surface area contributed by atoms with Crippen molar-refractivity contribution in [2.45, 2.75) is 0 Å². The fourth-order valence-corrected chi connectivity index (χ4v) is 6.24. The Labute approximate surface area is 255 Å². The van der Waals surface area contributed by atoms with Gasteiger partial charge in [-0.1, -0.05) is 121 Å². The molecule has 204 valence electrons. The van der Waals surface area contributed by atoms with Crippen molar-refractivity contribution in [2.24, 2.45) is 0 Å². The van der Waals surface area contributed by atoms with Crippen LogP contribution in [-0.4, -0.2) is 0 Å². The topological polar surface area (TPSA) is 16.4 Å². The predicted molar refractivity (Wildman–Crippen MR) is 182 cm³/mol. The number of benzene rings is 7. The highest BCUT2D eigenvalue weighted by atomic mass is 35.5. The van der Waals surface area contributed by atoms with E-state index in [0.717, 1.165) is 49.8 Å². The van der Waals surface area contributed by atoms with Gasteiger partial charge in [-0.25, -0.2) is 0 Å². The summed E-state index contributed by atoms with van der Waals surface area (Å²) in [6, 6.07) is 55.2. The third-order valence-corrected chi connectivity index (χ3v) is 8.36. The summed E-state index contributed by atoms with van der Waals surface area (Å²) in [6.45, 7) is 0. The van der Waals surface area contributed by atoms with Crippen LogP contribution in [0.2, 0.25) is 5.02 Å². The van der Waals surface area contributed by atoms with Crippen LogP contribution in [0.15, 0.2) is 162 Å². The summed E-state index contributed by atoms with van der Waals surface area (Å²) in [5.41, 5.74) is 9.55. The molecule has 0 bridgehead atoms. The first-order chi connectivity index (χ1) is 21.2. The maximum Gasteiger partial charge on any atom is 0.138 e. The molecule has 1 aromatic heterocycles. The fraction of sp³-hybridized carbons (Fsp3) is 0. The smallest absolute Gasteiger partial charge is 0.138 e. The van der Waals surface area contributed by atoms with Crippen LogP contribution in [0.25, 0.3) is 55.0 Å². The van der Waals surface area contributed by atoms with Crippen molar-refractivity contribution in [3.63, 3.8) is 0 Å². The van der Waals surface area contributed by atoms with Crippen LogP contribution in [0.1, 0.15) is 0 Å². The number of nitrogens with zero attached hydrogens (tertiary/aromatic N) is 1. The first kappa shape index (κ1) is 25.4. The lowest BCUT2D eigenvalue weighted by molar-refractivity contribution is 0.669. The van der Waals surface area contributed by atoms with Crippen molar-refractivity contribution in [1.29, 1.82) is 0 Å². The molecule has 0 aliphatic rings. The number of furan rings is 1. The van der Waals surface area contributed by atoms with E-state index >= 15 is 0 Å². The van der Waals surface area contributed by atoms with Gasteiger partial charge in [-0.05, 0) is 64.0 Å². The third kappa shape index (κ3) is 4.53. The molecule has 0 fully saturated rings. The molecule has 0 saturated heterocycles. The second-order valence-corrected chi connectivity index (χ2v) is 11.2. The van der Waals surface area contributed by atoms with Crippen LogP contribution in [0.3, 0.4) is 0 Å². The molecule has 0 saturated carbocycles. The van der Waals surface area contributed by atoms with E-state index in [0.29, 0.717) is 5.02 Å². The fourth-order valence-electron chi connectivity index (χ4n) is 6.07. The Hall–Kier alpha value is -5.31. The van der Waals surface area contributed by atoms with E-state index in [1.807, 2.05) is 24.3 Å². The molecule has 0 spiro atoms. The van der Waals surface area contributed by atoms with Crippen molar-refractivity contribution >= 4 is 61.4 Å². The lowest BCUT2D eigenvalue weighted by Gasteiger charge is -2.27. The van der Waals surface area contributed by atoms with Crippen molar-refractivity contribution < 1.29 is 4.42 Å². The maximum absolute atomic E-state index is 6.45. The molecule has 7 aromatic carbocycles. The molecule has 0 aliphatic heterocycles. The van der Waals surface area contributed by atoms with Gasteiger partial charge in [-0.15, -0.1) is 0 Å². The Morgan fingerprint density at radius 2 is 0.930 bits per heavy atom. The van der Waals surface area contributed by atoms with E-state index in [9.17, 15) is 0 Å². The maximum atomic E-state index is 6.45. The zero-order chi connectivity index (χ0) is 28.8. The summed E-state index contributed by atoms with van der Waals surface area (Å²) in [4.78, 5) is 2.32. The zero-order valence-corrected chi connectivity index (χ0v) is 24.0. The van der Waals surface area contributed by atoms with E-state index in [4.69, 9.17) is 16.0 Å². The highest BCUT2D eigenvalue weighted by Crippen LogP contribution is 2.45. The van der Waals surface area contributed by atoms with Crippen LogP contribution in [0.4, 0.5) is 17.1 Å². The lowest BCUT2D eigenvalue weighted by atomic mass is 10.00. The van der Waals surface area contributed by atoms with Crippen molar-refractivity contribution in [1.82, 2.24) is 0 Å². The molecule has 1 heterocycles. The summed E-state index contributed by atoms with van der Waals surface area (Å²) >= 11 is 6.35. The number of hydrogen-bond acceptors (Lipinski definition) is 2. The normalized spacial score (nSPS) is 11.4. The average Bonchev–Trinajstić information content (AvgIpc) is 3.44. The summed E-state index contributed by atoms with van der Waals surface area (Å²) in [5, 5.41) is 5.11. The van der Waals surface area contributed by atoms with Gasteiger partial charge in [-0.2, -0.15) is 0 Å². The molecular weight excluding hydrogens is 546 g/mol. The number of rotatable bonds is 5. The van der Waals surface area contributed by atoms with Gasteiger partial charge < -0.3 is 9.32 Å². The Morgan fingerprint density at radius 3 is 1.51 bits per heavy atom. The average molecular weight is 572 g/mol. The first-order valence-corrected chi connectivity index (χ1v) is 14.8. The standard InChI is InChI=1S/C40H26ClNO/c41-31-19-24-36-38(25-31)43-39-26-37(34-13-7-8-14-35(34)40(36)39)42(32-20-15-29(16-21-32)27-9-3-1-4-10-27)33-22-17-30(18-23-33)28-11-5-2-6-12-28/h1-26H. The Balaban J connectivity index is 1.35. The molecule has 0 aliphatic carbocycles. The van der Waals surface area contributed by atoms with Crippen LogP contribution >= 0.6 is 11.6 Å². The van der Waals surface area contributed by atoms with E-state index in [2.05, 4.69) is 138 Å². The van der Waals surface area contributed by atoms with Gasteiger partial charge in [0.1, 0.15) is 11.2 Å². The van der Waals surface area contributed by atoms with Crippen molar-refractivity contribution in [3.05, 3.63) is 163 Å². The molecule has 0 amide bonds. The second kappa shape index (κ2) is 10.5. The predicted octanol–water partition coefficient (Wildman–Crippen LogP) is 12.2. The molecule has 0 radical (unpaired) electrons. The Morgan fingerprint density at radius 1 is 0.419 bits per heavy atom. The van der Waals surface area contributed by atoms with E-state index in [1.165, 1.54) is 22.3 Å². The van der Waals surface area contributed by atoms with Crippen molar-refractivity contribution in [3.8, 4) is 22.3 Å². The van der Waals surface area contributed by atoms with Gasteiger partial charge in [0.05, 0.1) is 5.69 Å². The van der Waals surface area contributed by atoms with Gasteiger partial charge in [0.2, 0.25) is 0 Å². The van der Waals surface area contributed by atoms with Crippen LogP contribution in [0.5, 0.6) is 0 Å². The molecule has 0 unspecified atom stereocenters. The molecule has 43 heavy (non-hydrogen) atoms. The minimum Gasteiger partial charge on any atom is -0.456 e. The first-order valence-electron chi connectivity index (χ1n) is 14.4. The Kier molecular flexibility index (Phi) is 6.21. The highest BCUT2D eigenvalue weighted by Gasteiger charge is 2.20. The molecule has 8 aromatic rings. The molecule has 0 atom stereocenters. The summed E-state index contributed by atoms with van der Waals surface area (Å²) < 4.78 is 6.45. The quantitative estimate of drug-likeness (QED) is 0.204. The second-order valence-electron chi connectivity index (χ2n) is 10.7. The minimum atomic E-state index is 0.662. The summed E-state index contributed by atoms with van der Waals surface area (Å²) in [5.74, 6) is 0. The number of halogens is 1. The van der Waals surface area contributed by atoms with Gasteiger partial charge in [0.25, 0.3) is 0 Å². The summed E-state index contributed by atoms with van der Waals surface area (Å²) in [6.07, 6.45) is 0. The zero-order valence-electron chi connectivity index (χ0n) is 23.2. The van der Waals surface area contributed by atoms with Gasteiger partial charge in [0.15, 0.2) is 0 Å². The largest absolute Gasteiger partial charge is 0.456 e. The number of hydrogen-bond donors (Lipinski definition) is 0. The summed E-state index contributed by atoms with van der Waals surface area (Å²) in [7, 11) is 0. The minimum absolute atomic E-state index is 0.662. The Bertz CT molecular complexity index is 2140. The number of fused-ring (bicyclic) bond motifs is 5. The molecule has 2 nitrogen and oxygen atoms in total. The molecular formula is C40H26ClNO. The van der Waals surface area contributed by atoms with E-state index in [1.54, 1.807) is 0 Å². The molecule has 8 rings (SSSR count). The highest BCUT2D eigenvalue weighted by molar-refractivity contribution is 6.32. The molecule has 3 heteroatoms. The monoisotopic (exact) mass is 571 g/mol. The van der Waals surface area contributed by atoms with E-state index < -0.39 is 0 Å². The van der Waals surface area contributed by atoms with Gasteiger partial charge >= 0.3 is 0 Å². The molecule has 0 N–H and O–H groups in total. The van der Waals surface area contributed by atoms with Crippen LogP contribution in [-0.2, 0) is 0 Å². The van der Waals surface area contributed by atoms with Gasteiger partial charge in [0, 0.05) is 44.7 Å². The number of anilines is 3. The van der Waals surface area contributed by atoms with Crippen LogP contribution in [0, 0.1) is 0 Å². The van der Waals surface area contributed by atoms with Crippen LogP contribution < -0.4 is 4.90 Å². The SMILES string of the molecule is Clc1ccc2c(c1)oc1cc(N(c3ccc(-c4ccccc4)cc3)c3ccc(-c4ccccc4)cc3)c3ccccc3c12. The van der Waals surface area contributed by atoms with E-state index in [-0.39, 0.29) is 0 Å². The lowest BCUT2D eigenvalue weighted by Crippen LogP contribution is -2.10.